The van der Waals surface area contributed by atoms with Gasteiger partial charge in [0.2, 0.25) is 10.0 Å². The molecule has 0 spiro atoms. The number of fused-ring (bicyclic) bond motifs is 1. The van der Waals surface area contributed by atoms with Crippen LogP contribution >= 0.6 is 0 Å². The van der Waals surface area contributed by atoms with Gasteiger partial charge in [-0.2, -0.15) is 13.2 Å². The number of anilines is 1. The number of carbonyl (C=O) groups is 2. The van der Waals surface area contributed by atoms with Crippen LogP contribution in [0, 0.1) is 12.7 Å². The van der Waals surface area contributed by atoms with E-state index >= 15 is 4.39 Å². The van der Waals surface area contributed by atoms with Gasteiger partial charge in [0.05, 0.1) is 28.6 Å². The molecular weight excluding hydrogens is 648 g/mol. The Morgan fingerprint density at radius 2 is 1.70 bits per heavy atom. The number of hydrogen-bond acceptors (Lipinski definition) is 8. The molecular formula is C30H32F4N6O6S. The fourth-order valence-corrected chi connectivity index (χ4v) is 6.31. The Morgan fingerprint density at radius 3 is 2.28 bits per heavy atom. The number of halogens is 4. The van der Waals surface area contributed by atoms with E-state index in [-0.39, 0.29) is 45.6 Å². The summed E-state index contributed by atoms with van der Waals surface area (Å²) in [5.41, 5.74) is 9.09. The van der Waals surface area contributed by atoms with Crippen LogP contribution in [0.1, 0.15) is 41.6 Å². The average molecular weight is 681 g/mol. The summed E-state index contributed by atoms with van der Waals surface area (Å²) in [7, 11) is -0.647. The van der Waals surface area contributed by atoms with E-state index in [1.165, 1.54) is 17.0 Å². The van der Waals surface area contributed by atoms with Gasteiger partial charge in [0.1, 0.15) is 5.82 Å². The van der Waals surface area contributed by atoms with Gasteiger partial charge in [-0.15, -0.1) is 0 Å². The van der Waals surface area contributed by atoms with E-state index in [2.05, 4.69) is 14.7 Å². The number of nitrogens with zero attached hydrogens (tertiary/aromatic N) is 4. The molecule has 0 radical (unpaired) electrons. The van der Waals surface area contributed by atoms with Crippen molar-refractivity contribution in [1.29, 1.82) is 0 Å². The number of imidazole rings is 1. The third-order valence-electron chi connectivity index (χ3n) is 7.47. The van der Waals surface area contributed by atoms with Crippen molar-refractivity contribution < 1.29 is 45.8 Å². The molecule has 252 valence electrons. The number of aromatic nitrogens is 3. The topological polar surface area (TPSA) is 180 Å². The predicted octanol–water partition coefficient (Wildman–Crippen LogP) is 4.01. The van der Waals surface area contributed by atoms with E-state index in [1.807, 2.05) is 6.92 Å². The van der Waals surface area contributed by atoms with Crippen molar-refractivity contribution in [2.45, 2.75) is 55.8 Å². The van der Waals surface area contributed by atoms with Crippen LogP contribution in [0.25, 0.3) is 28.2 Å². The Hall–Kier alpha value is -4.61. The Bertz CT molecular complexity index is 1920. The van der Waals surface area contributed by atoms with Crippen molar-refractivity contribution in [3.05, 3.63) is 65.7 Å². The summed E-state index contributed by atoms with van der Waals surface area (Å²) in [4.78, 5) is 31.3. The highest BCUT2D eigenvalue weighted by atomic mass is 32.2. The second-order valence-corrected chi connectivity index (χ2v) is 12.9. The van der Waals surface area contributed by atoms with Crippen LogP contribution in [-0.4, -0.2) is 82.2 Å². The number of aliphatic hydroxyl groups excluding tert-OH is 1. The molecule has 0 bridgehead atoms. The molecule has 2 aromatic carbocycles. The van der Waals surface area contributed by atoms with Gasteiger partial charge < -0.3 is 20.8 Å². The molecule has 5 rings (SSSR count). The summed E-state index contributed by atoms with van der Waals surface area (Å²) in [5, 5.41) is 16.9. The van der Waals surface area contributed by atoms with Crippen LogP contribution in [0.15, 0.2) is 53.7 Å². The normalized spacial score (nSPS) is 16.8. The molecule has 1 aliphatic carbocycles. The maximum Gasteiger partial charge on any atom is 0.490 e. The van der Waals surface area contributed by atoms with Crippen molar-refractivity contribution in [2.24, 2.45) is 0 Å². The average Bonchev–Trinajstić information content (AvgIpc) is 3.42. The Balaban J connectivity index is 0.000000644. The second kappa shape index (κ2) is 13.6. The lowest BCUT2D eigenvalue weighted by Gasteiger charge is -2.26. The summed E-state index contributed by atoms with van der Waals surface area (Å²) in [5.74, 6) is -3.65. The lowest BCUT2D eigenvalue weighted by Crippen LogP contribution is -2.38. The van der Waals surface area contributed by atoms with Gasteiger partial charge in [-0.05, 0) is 68.5 Å². The number of nitrogen functional groups attached to an aromatic ring is 1. The first-order valence-corrected chi connectivity index (χ1v) is 15.6. The molecule has 17 heteroatoms. The lowest BCUT2D eigenvalue weighted by atomic mass is 9.94. The molecule has 0 aliphatic heterocycles. The molecule has 5 N–H and O–H groups in total. The van der Waals surface area contributed by atoms with Crippen LogP contribution in [0.3, 0.4) is 0 Å². The number of nitrogens with one attached hydrogen (secondary N) is 1. The number of hydrogen-bond donors (Lipinski definition) is 4. The first-order chi connectivity index (χ1) is 21.9. The SMILES string of the molecule is Cc1ccc(S(=O)(=O)N[C@H]2CC[C@H](O)CC2)cc1-c1cnc2c(N)nc(-c3ccc(C(=O)N(C)C)cc3F)cn12.O=C(O)C(F)(F)F. The molecule has 4 aromatic rings. The summed E-state index contributed by atoms with van der Waals surface area (Å²) in [6.07, 6.45) is -0.0548. The fraction of sp³-hybridized carbons (Fsp3) is 0.333. The molecule has 0 unspecified atom stereocenters. The highest BCUT2D eigenvalue weighted by Gasteiger charge is 2.38. The molecule has 1 fully saturated rings. The highest BCUT2D eigenvalue weighted by molar-refractivity contribution is 7.89. The largest absolute Gasteiger partial charge is 0.490 e. The Labute approximate surface area is 266 Å². The number of aliphatic hydroxyl groups is 1. The van der Waals surface area contributed by atoms with Crippen molar-refractivity contribution in [2.75, 3.05) is 19.8 Å². The zero-order valence-electron chi connectivity index (χ0n) is 25.4. The van der Waals surface area contributed by atoms with E-state index < -0.39 is 28.0 Å². The summed E-state index contributed by atoms with van der Waals surface area (Å²) in [6.45, 7) is 1.85. The van der Waals surface area contributed by atoms with Crippen molar-refractivity contribution >= 4 is 33.4 Å². The number of carboxylic acids is 1. The number of aliphatic carboxylic acids is 1. The molecule has 0 saturated heterocycles. The van der Waals surface area contributed by atoms with Crippen LogP contribution in [0.2, 0.25) is 0 Å². The van der Waals surface area contributed by atoms with Crippen molar-refractivity contribution in [3.63, 3.8) is 0 Å². The standard InChI is InChI=1S/C28H31FN6O4S.C2HF3O2/c1-16-4-10-20(40(38,39)33-18-6-8-19(36)9-7-18)13-22(16)25-14-31-27-26(30)32-24(15-35(25)27)21-11-5-17(12-23(21)29)28(37)34(2)3;3-2(4,5)1(6)7/h4-5,10-15,18-19,33,36H,6-9H2,1-3H3,(H2,30,32);(H,6,7)/t18-,19-;. The number of sulfonamides is 1. The molecule has 2 aromatic heterocycles. The number of carboxylic acid groups (broad SMARTS) is 1. The smallest absolute Gasteiger partial charge is 0.475 e. The monoisotopic (exact) mass is 680 g/mol. The van der Waals surface area contributed by atoms with E-state index in [0.29, 0.717) is 42.6 Å². The zero-order valence-corrected chi connectivity index (χ0v) is 26.2. The van der Waals surface area contributed by atoms with Crippen LogP contribution < -0.4 is 10.5 Å². The first-order valence-electron chi connectivity index (χ1n) is 14.2. The van der Waals surface area contributed by atoms with E-state index in [1.54, 1.807) is 49.1 Å². The minimum Gasteiger partial charge on any atom is -0.475 e. The predicted molar refractivity (Wildman–Crippen MR) is 163 cm³/mol. The second-order valence-electron chi connectivity index (χ2n) is 11.1. The molecule has 1 amide bonds. The lowest BCUT2D eigenvalue weighted by molar-refractivity contribution is -0.192. The van der Waals surface area contributed by atoms with Gasteiger partial charge in [0.15, 0.2) is 11.5 Å². The molecule has 2 heterocycles. The maximum absolute atomic E-state index is 15.1. The van der Waals surface area contributed by atoms with Crippen molar-refractivity contribution in [1.82, 2.24) is 24.0 Å². The van der Waals surface area contributed by atoms with Gasteiger partial charge in [-0.25, -0.2) is 32.3 Å². The first kappa shape index (κ1) is 35.2. The van der Waals surface area contributed by atoms with Gasteiger partial charge >= 0.3 is 12.1 Å². The van der Waals surface area contributed by atoms with E-state index in [9.17, 15) is 31.5 Å². The molecule has 1 aliphatic rings. The number of alkyl halides is 3. The van der Waals surface area contributed by atoms with Gasteiger partial charge in [-0.3, -0.25) is 9.20 Å². The van der Waals surface area contributed by atoms with Gasteiger partial charge in [0.25, 0.3) is 5.91 Å². The number of nitrogens with two attached hydrogens (primary N) is 1. The molecule has 47 heavy (non-hydrogen) atoms. The molecule has 0 atom stereocenters. The van der Waals surface area contributed by atoms with Crippen LogP contribution in [0.5, 0.6) is 0 Å². The van der Waals surface area contributed by atoms with Crippen LogP contribution in [-0.2, 0) is 14.8 Å². The van der Waals surface area contributed by atoms with Gasteiger partial charge in [-0.1, -0.05) is 6.07 Å². The minimum atomic E-state index is -5.08. The van der Waals surface area contributed by atoms with Gasteiger partial charge in [0, 0.05) is 43.0 Å². The number of carbonyl (C=O) groups excluding carboxylic acids is 1. The number of aryl methyl sites for hydroxylation is 1. The quantitative estimate of drug-likeness (QED) is 0.219. The molecule has 12 nitrogen and oxygen atoms in total. The number of amides is 1. The van der Waals surface area contributed by atoms with E-state index in [0.717, 1.165) is 11.6 Å². The minimum absolute atomic E-state index is 0.0687. The highest BCUT2D eigenvalue weighted by Crippen LogP contribution is 2.31. The van der Waals surface area contributed by atoms with Crippen molar-refractivity contribution in [3.8, 4) is 22.5 Å². The fourth-order valence-electron chi connectivity index (χ4n) is 4.98. The summed E-state index contributed by atoms with van der Waals surface area (Å²) < 4.78 is 77.8. The third kappa shape index (κ3) is 8.04. The summed E-state index contributed by atoms with van der Waals surface area (Å²) >= 11 is 0. The Morgan fingerprint density at radius 1 is 1.06 bits per heavy atom. The number of benzene rings is 2. The Kier molecular flexibility index (Phi) is 10.2. The zero-order chi connectivity index (χ0) is 34.8. The third-order valence-corrected chi connectivity index (χ3v) is 8.99. The summed E-state index contributed by atoms with van der Waals surface area (Å²) in [6, 6.07) is 8.77. The molecule has 1 saturated carbocycles. The number of rotatable bonds is 6. The van der Waals surface area contributed by atoms with Crippen LogP contribution in [0.4, 0.5) is 23.4 Å². The van der Waals surface area contributed by atoms with E-state index in [4.69, 9.17) is 15.6 Å². The maximum atomic E-state index is 15.1.